The number of pyridine rings is 1. The molecule has 1 saturated carbocycles. The Labute approximate surface area is 210 Å². The standard InChI is InChI=1S/C29H33NO6/c31-26-19-21(20-29(13-4-16-36-29)25-12-17-35-27(25)28(32)33)11-14-30(26)15-18-34-24-9-7-23(8-10-24)22-5-2-1-3-6-22/h7-12,14,17,19,22H,1-6,13,15-16,18,20H2,(H,32,33). The Kier molecular flexibility index (Phi) is 7.28. The summed E-state index contributed by atoms with van der Waals surface area (Å²) in [6.07, 6.45) is 11.6. The average Bonchev–Trinajstić information content (AvgIpc) is 3.57. The third kappa shape index (κ3) is 5.26. The summed E-state index contributed by atoms with van der Waals surface area (Å²) in [6.45, 7) is 1.38. The summed E-state index contributed by atoms with van der Waals surface area (Å²) in [7, 11) is 0. The van der Waals surface area contributed by atoms with E-state index in [1.807, 2.05) is 18.2 Å². The monoisotopic (exact) mass is 491 g/mol. The topological polar surface area (TPSA) is 90.9 Å². The van der Waals surface area contributed by atoms with Crippen LogP contribution in [0.15, 0.2) is 64.1 Å². The second kappa shape index (κ2) is 10.7. The first kappa shape index (κ1) is 24.4. The van der Waals surface area contributed by atoms with E-state index in [2.05, 4.69) is 12.1 Å². The van der Waals surface area contributed by atoms with Crippen molar-refractivity contribution in [2.75, 3.05) is 13.2 Å². The third-order valence-corrected chi connectivity index (χ3v) is 7.56. The number of carbonyl (C=O) groups is 1. The summed E-state index contributed by atoms with van der Waals surface area (Å²) in [5.74, 6) is 0.259. The number of benzene rings is 1. The highest BCUT2D eigenvalue weighted by Gasteiger charge is 2.41. The van der Waals surface area contributed by atoms with Crippen LogP contribution >= 0.6 is 0 Å². The van der Waals surface area contributed by atoms with E-state index >= 15 is 0 Å². The van der Waals surface area contributed by atoms with Gasteiger partial charge >= 0.3 is 5.97 Å². The van der Waals surface area contributed by atoms with E-state index in [9.17, 15) is 14.7 Å². The van der Waals surface area contributed by atoms with Gasteiger partial charge in [0.05, 0.1) is 12.8 Å². The first-order chi connectivity index (χ1) is 17.5. The molecule has 190 valence electrons. The Morgan fingerprint density at radius 1 is 1.08 bits per heavy atom. The summed E-state index contributed by atoms with van der Waals surface area (Å²) in [5, 5.41) is 9.50. The largest absolute Gasteiger partial charge is 0.492 e. The van der Waals surface area contributed by atoms with Crippen LogP contribution in [-0.2, 0) is 23.3 Å². The minimum absolute atomic E-state index is 0.103. The number of hydrogen-bond acceptors (Lipinski definition) is 5. The number of furan rings is 1. The van der Waals surface area contributed by atoms with Crippen LogP contribution in [-0.4, -0.2) is 28.9 Å². The van der Waals surface area contributed by atoms with Crippen LogP contribution in [0, 0.1) is 0 Å². The molecule has 2 fully saturated rings. The second-order valence-electron chi connectivity index (χ2n) is 9.91. The van der Waals surface area contributed by atoms with Crippen molar-refractivity contribution in [3.63, 3.8) is 0 Å². The van der Waals surface area contributed by atoms with E-state index in [1.54, 1.807) is 22.9 Å². The highest BCUT2D eigenvalue weighted by atomic mass is 16.5. The van der Waals surface area contributed by atoms with Crippen LogP contribution in [0.4, 0.5) is 0 Å². The normalized spacial score (nSPS) is 20.4. The molecule has 0 bridgehead atoms. The lowest BCUT2D eigenvalue weighted by Crippen LogP contribution is -2.30. The van der Waals surface area contributed by atoms with E-state index in [1.165, 1.54) is 43.9 Å². The molecule has 1 saturated heterocycles. The molecule has 0 spiro atoms. The van der Waals surface area contributed by atoms with Gasteiger partial charge in [0.1, 0.15) is 18.0 Å². The van der Waals surface area contributed by atoms with Crippen molar-refractivity contribution in [3.05, 3.63) is 87.7 Å². The summed E-state index contributed by atoms with van der Waals surface area (Å²) in [6, 6.07) is 13.5. The molecule has 1 aromatic carbocycles. The Morgan fingerprint density at radius 2 is 1.89 bits per heavy atom. The third-order valence-electron chi connectivity index (χ3n) is 7.56. The van der Waals surface area contributed by atoms with Gasteiger partial charge < -0.3 is 23.6 Å². The van der Waals surface area contributed by atoms with Gasteiger partial charge in [-0.2, -0.15) is 0 Å². The maximum absolute atomic E-state index is 12.8. The van der Waals surface area contributed by atoms with Crippen molar-refractivity contribution in [2.24, 2.45) is 0 Å². The molecule has 5 rings (SSSR count). The van der Waals surface area contributed by atoms with Gasteiger partial charge in [-0.05, 0) is 67.0 Å². The van der Waals surface area contributed by atoms with Crippen molar-refractivity contribution in [3.8, 4) is 5.75 Å². The summed E-state index contributed by atoms with van der Waals surface area (Å²) >= 11 is 0. The maximum atomic E-state index is 12.8. The number of carboxylic acids is 1. The second-order valence-corrected chi connectivity index (χ2v) is 9.91. The Bertz CT molecular complexity index is 1230. The number of aromatic carboxylic acids is 1. The maximum Gasteiger partial charge on any atom is 0.372 e. The Balaban J connectivity index is 1.20. The van der Waals surface area contributed by atoms with Gasteiger partial charge in [-0.3, -0.25) is 4.79 Å². The highest BCUT2D eigenvalue weighted by Crippen LogP contribution is 2.41. The van der Waals surface area contributed by atoms with E-state index in [-0.39, 0.29) is 11.3 Å². The predicted octanol–water partition coefficient (Wildman–Crippen LogP) is 5.51. The zero-order valence-electron chi connectivity index (χ0n) is 20.5. The van der Waals surface area contributed by atoms with Crippen molar-refractivity contribution in [1.29, 1.82) is 0 Å². The molecule has 2 aliphatic rings. The zero-order valence-corrected chi connectivity index (χ0v) is 20.5. The number of carboxylic acid groups (broad SMARTS) is 1. The van der Waals surface area contributed by atoms with Crippen molar-refractivity contribution in [2.45, 2.75) is 69.4 Å². The van der Waals surface area contributed by atoms with Gasteiger partial charge in [-0.1, -0.05) is 31.4 Å². The lowest BCUT2D eigenvalue weighted by molar-refractivity contribution is -0.00172. The molecule has 1 aliphatic carbocycles. The van der Waals surface area contributed by atoms with Crippen molar-refractivity contribution >= 4 is 5.97 Å². The molecule has 0 radical (unpaired) electrons. The van der Waals surface area contributed by atoms with E-state index in [0.717, 1.165) is 17.7 Å². The minimum atomic E-state index is -1.12. The minimum Gasteiger partial charge on any atom is -0.492 e. The molecule has 3 heterocycles. The SMILES string of the molecule is O=C(O)c1occc1C1(Cc2ccn(CCOc3ccc(C4CCCCC4)cc3)c(=O)c2)CCCO1. The molecule has 1 unspecified atom stereocenters. The van der Waals surface area contributed by atoms with Crippen LogP contribution in [0.1, 0.15) is 78.1 Å². The Morgan fingerprint density at radius 3 is 2.58 bits per heavy atom. The number of ether oxygens (including phenoxy) is 2. The van der Waals surface area contributed by atoms with E-state index in [4.69, 9.17) is 13.9 Å². The van der Waals surface area contributed by atoms with Gasteiger partial charge in [-0.25, -0.2) is 4.79 Å². The number of hydrogen-bond donors (Lipinski definition) is 1. The molecule has 0 amide bonds. The van der Waals surface area contributed by atoms with Gasteiger partial charge in [0.15, 0.2) is 0 Å². The van der Waals surface area contributed by atoms with Gasteiger partial charge in [-0.15, -0.1) is 0 Å². The molecule has 1 atom stereocenters. The van der Waals surface area contributed by atoms with Crippen LogP contribution < -0.4 is 10.3 Å². The van der Waals surface area contributed by atoms with E-state index in [0.29, 0.717) is 44.1 Å². The number of aromatic nitrogens is 1. The van der Waals surface area contributed by atoms with Crippen LogP contribution in [0.2, 0.25) is 0 Å². The molecule has 1 aliphatic heterocycles. The van der Waals surface area contributed by atoms with Crippen LogP contribution in [0.5, 0.6) is 5.75 Å². The van der Waals surface area contributed by atoms with Crippen molar-refractivity contribution in [1.82, 2.24) is 4.57 Å². The predicted molar refractivity (Wildman–Crippen MR) is 135 cm³/mol. The van der Waals surface area contributed by atoms with Gasteiger partial charge in [0.2, 0.25) is 5.76 Å². The number of nitrogens with zero attached hydrogens (tertiary/aromatic N) is 1. The highest BCUT2D eigenvalue weighted by molar-refractivity contribution is 5.86. The van der Waals surface area contributed by atoms with Gasteiger partial charge in [0.25, 0.3) is 5.56 Å². The molecule has 7 heteroatoms. The summed E-state index contributed by atoms with van der Waals surface area (Å²) < 4.78 is 18.8. The molecular weight excluding hydrogens is 458 g/mol. The van der Waals surface area contributed by atoms with Crippen LogP contribution in [0.25, 0.3) is 0 Å². The molecule has 1 N–H and O–H groups in total. The first-order valence-corrected chi connectivity index (χ1v) is 12.9. The summed E-state index contributed by atoms with van der Waals surface area (Å²) in [5.41, 5.74) is 1.80. The van der Waals surface area contributed by atoms with Gasteiger partial charge in [0, 0.05) is 30.9 Å². The van der Waals surface area contributed by atoms with Crippen molar-refractivity contribution < 1.29 is 23.8 Å². The fourth-order valence-electron chi connectivity index (χ4n) is 5.69. The summed E-state index contributed by atoms with van der Waals surface area (Å²) in [4.78, 5) is 24.4. The zero-order chi connectivity index (χ0) is 25.0. The number of rotatable bonds is 9. The molecule has 2 aromatic heterocycles. The van der Waals surface area contributed by atoms with E-state index < -0.39 is 11.6 Å². The molecule has 36 heavy (non-hydrogen) atoms. The first-order valence-electron chi connectivity index (χ1n) is 12.9. The fourth-order valence-corrected chi connectivity index (χ4v) is 5.69. The lowest BCUT2D eigenvalue weighted by atomic mass is 9.84. The fraction of sp³-hybridized carbons (Fsp3) is 0.448. The Hall–Kier alpha value is -3.32. The lowest BCUT2D eigenvalue weighted by Gasteiger charge is -2.28. The molecular formula is C29H33NO6. The quantitative estimate of drug-likeness (QED) is 0.424. The molecule has 3 aromatic rings. The van der Waals surface area contributed by atoms with Crippen LogP contribution in [0.3, 0.4) is 0 Å². The molecule has 7 nitrogen and oxygen atoms in total. The smallest absolute Gasteiger partial charge is 0.372 e. The average molecular weight is 492 g/mol.